The van der Waals surface area contributed by atoms with Crippen LogP contribution in [0.5, 0.6) is 0 Å². The molecule has 4 heteroatoms. The van der Waals surface area contributed by atoms with E-state index in [1.807, 2.05) is 0 Å². The minimum atomic E-state index is 0.400. The van der Waals surface area contributed by atoms with E-state index in [0.717, 1.165) is 0 Å². The average Bonchev–Trinajstić information content (AvgIpc) is 2.76. The van der Waals surface area contributed by atoms with Crippen LogP contribution in [0.15, 0.2) is 46.1 Å². The topological polar surface area (TPSA) is 52.1 Å². The van der Waals surface area contributed by atoms with Gasteiger partial charge in [0.1, 0.15) is 18.1 Å². The zero-order chi connectivity index (χ0) is 9.10. The van der Waals surface area contributed by atoms with Crippen molar-refractivity contribution in [3.05, 3.63) is 49.0 Å². The Morgan fingerprint density at radius 1 is 1.15 bits per heavy atom. The SMILES string of the molecule is C=C=C(c1ncco1)c1ncco1. The van der Waals surface area contributed by atoms with Gasteiger partial charge in [-0.15, -0.1) is 5.73 Å². The molecule has 2 aromatic rings. The van der Waals surface area contributed by atoms with E-state index in [-0.39, 0.29) is 0 Å². The first-order valence-corrected chi connectivity index (χ1v) is 3.61. The summed E-state index contributed by atoms with van der Waals surface area (Å²) in [5.41, 5.74) is 3.18. The van der Waals surface area contributed by atoms with Crippen molar-refractivity contribution in [2.24, 2.45) is 0 Å². The number of hydrogen-bond donors (Lipinski definition) is 0. The number of aromatic nitrogens is 2. The second-order valence-corrected chi connectivity index (χ2v) is 2.23. The van der Waals surface area contributed by atoms with Crippen molar-refractivity contribution in [3.8, 4) is 0 Å². The Kier molecular flexibility index (Phi) is 1.82. The molecule has 0 unspecified atom stereocenters. The van der Waals surface area contributed by atoms with Crippen LogP contribution in [0, 0.1) is 0 Å². The van der Waals surface area contributed by atoms with Gasteiger partial charge in [0.25, 0.3) is 0 Å². The fourth-order valence-electron chi connectivity index (χ4n) is 0.937. The molecule has 0 bridgehead atoms. The molecular formula is C9H6N2O2. The second-order valence-electron chi connectivity index (χ2n) is 2.23. The van der Waals surface area contributed by atoms with Crippen LogP contribution in [-0.2, 0) is 0 Å². The van der Waals surface area contributed by atoms with Gasteiger partial charge in [-0.3, -0.25) is 0 Å². The fraction of sp³-hybridized carbons (Fsp3) is 0. The van der Waals surface area contributed by atoms with E-state index in [1.54, 1.807) is 0 Å². The van der Waals surface area contributed by atoms with Crippen LogP contribution in [0.4, 0.5) is 0 Å². The van der Waals surface area contributed by atoms with Crippen molar-refractivity contribution in [2.75, 3.05) is 0 Å². The molecule has 2 rings (SSSR count). The lowest BCUT2D eigenvalue weighted by atomic mass is 10.3. The molecule has 4 nitrogen and oxygen atoms in total. The Labute approximate surface area is 74.2 Å². The largest absolute Gasteiger partial charge is 0.444 e. The lowest BCUT2D eigenvalue weighted by Crippen LogP contribution is -1.85. The van der Waals surface area contributed by atoms with Gasteiger partial charge >= 0.3 is 0 Å². The Hall–Kier alpha value is -2.06. The molecule has 0 atom stereocenters. The summed E-state index contributed by atoms with van der Waals surface area (Å²) in [6, 6.07) is 0. The average molecular weight is 174 g/mol. The molecule has 0 aliphatic heterocycles. The molecule has 0 amide bonds. The molecule has 0 aliphatic carbocycles. The van der Waals surface area contributed by atoms with Gasteiger partial charge in [0, 0.05) is 0 Å². The van der Waals surface area contributed by atoms with E-state index >= 15 is 0 Å². The van der Waals surface area contributed by atoms with E-state index in [1.165, 1.54) is 24.9 Å². The lowest BCUT2D eigenvalue weighted by Gasteiger charge is -1.91. The van der Waals surface area contributed by atoms with Crippen molar-refractivity contribution in [3.63, 3.8) is 0 Å². The number of hydrogen-bond acceptors (Lipinski definition) is 4. The summed E-state index contributed by atoms with van der Waals surface area (Å²) in [6.07, 6.45) is 6.01. The van der Waals surface area contributed by atoms with Crippen LogP contribution in [0.1, 0.15) is 11.8 Å². The first-order valence-electron chi connectivity index (χ1n) is 3.61. The molecule has 0 radical (unpaired) electrons. The maximum absolute atomic E-state index is 5.06. The summed E-state index contributed by atoms with van der Waals surface area (Å²) in [4.78, 5) is 7.87. The fourth-order valence-corrected chi connectivity index (χ4v) is 0.937. The van der Waals surface area contributed by atoms with Gasteiger partial charge in [0.15, 0.2) is 0 Å². The highest BCUT2D eigenvalue weighted by Gasteiger charge is 2.12. The van der Waals surface area contributed by atoms with E-state index in [9.17, 15) is 0 Å². The lowest BCUT2D eigenvalue weighted by molar-refractivity contribution is 0.517. The molecule has 13 heavy (non-hydrogen) atoms. The zero-order valence-electron chi connectivity index (χ0n) is 6.73. The Morgan fingerprint density at radius 2 is 1.69 bits per heavy atom. The van der Waals surface area contributed by atoms with Crippen LogP contribution in [-0.4, -0.2) is 9.97 Å². The van der Waals surface area contributed by atoms with Crippen LogP contribution < -0.4 is 0 Å². The predicted molar refractivity (Wildman–Crippen MR) is 44.7 cm³/mol. The maximum atomic E-state index is 5.06. The number of nitrogens with zero attached hydrogens (tertiary/aromatic N) is 2. The summed E-state index contributed by atoms with van der Waals surface area (Å²) in [6.45, 7) is 3.51. The number of rotatable bonds is 2. The molecule has 0 fully saturated rings. The third-order valence-corrected chi connectivity index (χ3v) is 1.47. The van der Waals surface area contributed by atoms with Crippen molar-refractivity contribution in [1.29, 1.82) is 0 Å². The van der Waals surface area contributed by atoms with Gasteiger partial charge in [0.05, 0.1) is 12.4 Å². The predicted octanol–water partition coefficient (Wildman–Crippen LogP) is 1.88. The standard InChI is InChI=1S/C9H6N2O2/c1-2-7(8-10-3-5-12-8)9-11-4-6-13-9/h3-6H,1H2. The van der Waals surface area contributed by atoms with Gasteiger partial charge in [-0.05, 0) is 0 Å². The molecule has 0 aromatic carbocycles. The molecule has 0 N–H and O–H groups in total. The van der Waals surface area contributed by atoms with Crippen molar-refractivity contribution >= 4 is 5.57 Å². The van der Waals surface area contributed by atoms with Gasteiger partial charge in [-0.25, -0.2) is 9.97 Å². The summed E-state index contributed by atoms with van der Waals surface area (Å²) >= 11 is 0. The van der Waals surface area contributed by atoms with Gasteiger partial charge in [0.2, 0.25) is 11.8 Å². The summed E-state index contributed by atoms with van der Waals surface area (Å²) in [7, 11) is 0. The minimum Gasteiger partial charge on any atom is -0.444 e. The molecule has 2 heterocycles. The smallest absolute Gasteiger partial charge is 0.239 e. The van der Waals surface area contributed by atoms with Gasteiger partial charge in [-0.1, -0.05) is 6.58 Å². The van der Waals surface area contributed by atoms with E-state index < -0.39 is 0 Å². The minimum absolute atomic E-state index is 0.400. The third kappa shape index (κ3) is 1.30. The summed E-state index contributed by atoms with van der Waals surface area (Å²) in [5, 5.41) is 0. The highest BCUT2D eigenvalue weighted by molar-refractivity contribution is 5.68. The molecule has 0 saturated heterocycles. The Bertz CT molecular complexity index is 386. The second kappa shape index (κ2) is 3.13. The van der Waals surface area contributed by atoms with Crippen molar-refractivity contribution in [1.82, 2.24) is 9.97 Å². The summed E-state index contributed by atoms with van der Waals surface area (Å²) < 4.78 is 10.1. The van der Waals surface area contributed by atoms with Crippen LogP contribution in [0.2, 0.25) is 0 Å². The monoisotopic (exact) mass is 174 g/mol. The Morgan fingerprint density at radius 3 is 2.00 bits per heavy atom. The molecule has 0 aliphatic rings. The van der Waals surface area contributed by atoms with Crippen LogP contribution >= 0.6 is 0 Å². The molecular weight excluding hydrogens is 168 g/mol. The van der Waals surface area contributed by atoms with Crippen LogP contribution in [0.25, 0.3) is 5.57 Å². The normalized spacial score (nSPS) is 9.54. The first kappa shape index (κ1) is 7.58. The van der Waals surface area contributed by atoms with Gasteiger partial charge in [-0.2, -0.15) is 0 Å². The molecule has 64 valence electrons. The Balaban J connectivity index is 2.48. The molecule has 0 saturated carbocycles. The van der Waals surface area contributed by atoms with Gasteiger partial charge < -0.3 is 8.83 Å². The first-order chi connectivity index (χ1) is 6.42. The highest BCUT2D eigenvalue weighted by atomic mass is 16.4. The quantitative estimate of drug-likeness (QED) is 0.652. The summed E-state index contributed by atoms with van der Waals surface area (Å²) in [5.74, 6) is 0.801. The van der Waals surface area contributed by atoms with E-state index in [2.05, 4.69) is 22.3 Å². The zero-order valence-corrected chi connectivity index (χ0v) is 6.73. The maximum Gasteiger partial charge on any atom is 0.239 e. The van der Waals surface area contributed by atoms with Crippen molar-refractivity contribution < 1.29 is 8.83 Å². The third-order valence-electron chi connectivity index (χ3n) is 1.47. The van der Waals surface area contributed by atoms with Crippen molar-refractivity contribution in [2.45, 2.75) is 0 Å². The van der Waals surface area contributed by atoms with E-state index in [4.69, 9.17) is 8.83 Å². The van der Waals surface area contributed by atoms with Crippen LogP contribution in [0.3, 0.4) is 0 Å². The highest BCUT2D eigenvalue weighted by Crippen LogP contribution is 2.18. The van der Waals surface area contributed by atoms with E-state index in [0.29, 0.717) is 17.4 Å². The molecule has 2 aromatic heterocycles. The number of oxazole rings is 2. The molecule has 0 spiro atoms.